The van der Waals surface area contributed by atoms with Gasteiger partial charge in [-0.3, -0.25) is 4.90 Å². The molecule has 0 bridgehead atoms. The van der Waals surface area contributed by atoms with Gasteiger partial charge in [0.05, 0.1) is 18.2 Å². The molecule has 130 valence electrons. The van der Waals surface area contributed by atoms with E-state index in [9.17, 15) is 5.11 Å². The molecule has 0 spiro atoms. The van der Waals surface area contributed by atoms with Crippen LogP contribution in [-0.4, -0.2) is 42.4 Å². The number of hydrogen-bond acceptors (Lipinski definition) is 4. The predicted molar refractivity (Wildman–Crippen MR) is 95.7 cm³/mol. The van der Waals surface area contributed by atoms with Crippen LogP contribution in [0.15, 0.2) is 42.9 Å². The summed E-state index contributed by atoms with van der Waals surface area (Å²) in [5.74, 6) is 1.03. The maximum absolute atomic E-state index is 10.7. The highest BCUT2D eigenvalue weighted by Crippen LogP contribution is 2.32. The molecule has 0 aliphatic heterocycles. The Balaban J connectivity index is 1.55. The van der Waals surface area contributed by atoms with E-state index >= 15 is 0 Å². The summed E-state index contributed by atoms with van der Waals surface area (Å²) in [6.07, 6.45) is 6.20. The Morgan fingerprint density at radius 3 is 2.80 bits per heavy atom. The van der Waals surface area contributed by atoms with E-state index in [4.69, 9.17) is 0 Å². The Morgan fingerprint density at radius 1 is 1.28 bits per heavy atom. The zero-order valence-electron chi connectivity index (χ0n) is 14.6. The quantitative estimate of drug-likeness (QED) is 0.794. The maximum Gasteiger partial charge on any atom is 0.219 e. The molecular formula is C19H23N5O. The van der Waals surface area contributed by atoms with Gasteiger partial charge in [0.25, 0.3) is 0 Å². The molecule has 4 rings (SSSR count). The van der Waals surface area contributed by atoms with Gasteiger partial charge in [0.15, 0.2) is 5.82 Å². The fourth-order valence-corrected chi connectivity index (χ4v) is 3.63. The Bertz CT molecular complexity index is 867. The Morgan fingerprint density at radius 2 is 2.08 bits per heavy atom. The van der Waals surface area contributed by atoms with E-state index in [1.807, 2.05) is 17.7 Å². The first kappa shape index (κ1) is 15.9. The van der Waals surface area contributed by atoms with Crippen LogP contribution in [0.25, 0.3) is 5.82 Å². The molecule has 25 heavy (non-hydrogen) atoms. The van der Waals surface area contributed by atoms with Crippen LogP contribution in [0, 0.1) is 0 Å². The van der Waals surface area contributed by atoms with E-state index in [0.717, 1.165) is 42.9 Å². The second-order valence-corrected chi connectivity index (χ2v) is 6.82. The first-order chi connectivity index (χ1) is 12.1. The Labute approximate surface area is 147 Å². The lowest BCUT2D eigenvalue weighted by Crippen LogP contribution is -2.35. The van der Waals surface area contributed by atoms with Crippen molar-refractivity contribution in [2.24, 2.45) is 7.05 Å². The third-order valence-electron chi connectivity index (χ3n) is 5.10. The molecule has 1 aliphatic rings. The number of nitrogens with zero attached hydrogens (tertiary/aromatic N) is 5. The fraction of sp³-hybridized carbons (Fsp3) is 0.368. The van der Waals surface area contributed by atoms with Crippen LogP contribution in [0.1, 0.15) is 23.2 Å². The van der Waals surface area contributed by atoms with E-state index in [1.54, 1.807) is 17.2 Å². The first-order valence-corrected chi connectivity index (χ1v) is 8.64. The van der Waals surface area contributed by atoms with Crippen molar-refractivity contribution in [2.45, 2.75) is 31.8 Å². The Kier molecular flexibility index (Phi) is 4.05. The highest BCUT2D eigenvalue weighted by atomic mass is 16.3. The van der Waals surface area contributed by atoms with Crippen LogP contribution in [-0.2, 0) is 26.4 Å². The van der Waals surface area contributed by atoms with Crippen LogP contribution in [0.4, 0.5) is 0 Å². The van der Waals surface area contributed by atoms with Gasteiger partial charge in [-0.1, -0.05) is 30.3 Å². The summed E-state index contributed by atoms with van der Waals surface area (Å²) >= 11 is 0. The summed E-state index contributed by atoms with van der Waals surface area (Å²) < 4.78 is 3.47. The van der Waals surface area contributed by atoms with E-state index in [0.29, 0.717) is 6.04 Å². The number of aryl methyl sites for hydroxylation is 2. The molecule has 0 saturated carbocycles. The van der Waals surface area contributed by atoms with Gasteiger partial charge in [-0.15, -0.1) is 0 Å². The van der Waals surface area contributed by atoms with E-state index in [1.165, 1.54) is 5.56 Å². The molecule has 1 aliphatic carbocycles. The molecule has 1 N–H and O–H groups in total. The standard InChI is InChI=1S/C19H23N5O/c1-22(12-14-6-4-3-5-7-14)15-8-9-17-16(10-15)19(25)24(21-17)18-11-20-13-23(18)2/h3-7,11,13,15,25H,8-10,12H2,1-2H3. The van der Waals surface area contributed by atoms with Crippen molar-refractivity contribution in [3.63, 3.8) is 0 Å². The number of likely N-dealkylation sites (N-methyl/N-ethyl adjacent to an activating group) is 1. The fourth-order valence-electron chi connectivity index (χ4n) is 3.63. The average Bonchev–Trinajstić information content (AvgIpc) is 3.19. The maximum atomic E-state index is 10.7. The second-order valence-electron chi connectivity index (χ2n) is 6.82. The minimum absolute atomic E-state index is 0.247. The van der Waals surface area contributed by atoms with Crippen molar-refractivity contribution in [1.29, 1.82) is 0 Å². The lowest BCUT2D eigenvalue weighted by molar-refractivity contribution is 0.212. The van der Waals surface area contributed by atoms with E-state index in [2.05, 4.69) is 46.3 Å². The van der Waals surface area contributed by atoms with Gasteiger partial charge in [-0.2, -0.15) is 9.78 Å². The number of benzene rings is 1. The topological polar surface area (TPSA) is 59.1 Å². The zero-order chi connectivity index (χ0) is 17.4. The number of fused-ring (bicyclic) bond motifs is 1. The van der Waals surface area contributed by atoms with Crippen molar-refractivity contribution in [2.75, 3.05) is 7.05 Å². The van der Waals surface area contributed by atoms with Crippen molar-refractivity contribution >= 4 is 0 Å². The summed E-state index contributed by atoms with van der Waals surface area (Å²) in [4.78, 5) is 6.49. The summed E-state index contributed by atoms with van der Waals surface area (Å²) in [7, 11) is 4.06. The summed E-state index contributed by atoms with van der Waals surface area (Å²) in [6.45, 7) is 0.914. The van der Waals surface area contributed by atoms with Gasteiger partial charge in [0.2, 0.25) is 5.88 Å². The normalized spacial score (nSPS) is 17.0. The SMILES string of the molecule is CN(Cc1ccccc1)C1CCc2nn(-c3cncn3C)c(O)c2C1. The minimum atomic E-state index is 0.247. The summed E-state index contributed by atoms with van der Waals surface area (Å²) in [5, 5.41) is 15.3. The first-order valence-electron chi connectivity index (χ1n) is 8.64. The number of aromatic hydroxyl groups is 1. The molecule has 6 heteroatoms. The molecule has 1 aromatic carbocycles. The summed E-state index contributed by atoms with van der Waals surface area (Å²) in [6, 6.07) is 10.9. The molecule has 6 nitrogen and oxygen atoms in total. The zero-order valence-corrected chi connectivity index (χ0v) is 14.6. The van der Waals surface area contributed by atoms with Crippen LogP contribution in [0.2, 0.25) is 0 Å². The largest absolute Gasteiger partial charge is 0.493 e. The third-order valence-corrected chi connectivity index (χ3v) is 5.10. The molecule has 0 amide bonds. The highest BCUT2D eigenvalue weighted by Gasteiger charge is 2.29. The smallest absolute Gasteiger partial charge is 0.219 e. The van der Waals surface area contributed by atoms with Crippen LogP contribution < -0.4 is 0 Å². The average molecular weight is 337 g/mol. The molecule has 0 radical (unpaired) electrons. The third kappa shape index (κ3) is 2.93. The minimum Gasteiger partial charge on any atom is -0.493 e. The molecule has 1 atom stereocenters. The van der Waals surface area contributed by atoms with E-state index < -0.39 is 0 Å². The predicted octanol–water partition coefficient (Wildman–Crippen LogP) is 2.30. The number of imidazole rings is 1. The number of rotatable bonds is 4. The Hall–Kier alpha value is -2.60. The number of hydrogen-bond donors (Lipinski definition) is 1. The van der Waals surface area contributed by atoms with E-state index in [-0.39, 0.29) is 5.88 Å². The van der Waals surface area contributed by atoms with Crippen molar-refractivity contribution in [1.82, 2.24) is 24.2 Å². The van der Waals surface area contributed by atoms with Crippen molar-refractivity contribution in [3.05, 3.63) is 59.7 Å². The van der Waals surface area contributed by atoms with Gasteiger partial charge < -0.3 is 9.67 Å². The molecule has 2 heterocycles. The van der Waals surface area contributed by atoms with Gasteiger partial charge in [-0.25, -0.2) is 4.98 Å². The van der Waals surface area contributed by atoms with Gasteiger partial charge >= 0.3 is 0 Å². The highest BCUT2D eigenvalue weighted by molar-refractivity contribution is 5.39. The number of aromatic nitrogens is 4. The molecule has 0 saturated heterocycles. The van der Waals surface area contributed by atoms with Crippen LogP contribution in [0.5, 0.6) is 5.88 Å². The molecule has 3 aromatic rings. The summed E-state index contributed by atoms with van der Waals surface area (Å²) in [5.41, 5.74) is 3.28. The monoisotopic (exact) mass is 337 g/mol. The van der Waals surface area contributed by atoms with Gasteiger partial charge in [0, 0.05) is 25.2 Å². The second kappa shape index (κ2) is 6.37. The van der Waals surface area contributed by atoms with Gasteiger partial charge in [-0.05, 0) is 31.9 Å². The lowest BCUT2D eigenvalue weighted by Gasteiger charge is -2.30. The van der Waals surface area contributed by atoms with Crippen molar-refractivity contribution in [3.8, 4) is 11.7 Å². The van der Waals surface area contributed by atoms with Crippen molar-refractivity contribution < 1.29 is 5.11 Å². The lowest BCUT2D eigenvalue weighted by atomic mass is 9.92. The molecular weight excluding hydrogens is 314 g/mol. The van der Waals surface area contributed by atoms with Crippen LogP contribution >= 0.6 is 0 Å². The van der Waals surface area contributed by atoms with Crippen LogP contribution in [0.3, 0.4) is 0 Å². The molecule has 2 aromatic heterocycles. The van der Waals surface area contributed by atoms with Gasteiger partial charge in [0.1, 0.15) is 0 Å². The molecule has 1 unspecified atom stereocenters. The molecule has 0 fully saturated rings.